The number of carbonyl (C=O) groups excluding carboxylic acids is 2. The van der Waals surface area contributed by atoms with Crippen molar-refractivity contribution in [3.05, 3.63) is 64.4 Å². The van der Waals surface area contributed by atoms with Crippen LogP contribution in [0.2, 0.25) is 0 Å². The third-order valence-corrected chi connectivity index (χ3v) is 4.14. The second-order valence-corrected chi connectivity index (χ2v) is 6.00. The molecule has 0 unspecified atom stereocenters. The number of halogens is 1. The van der Waals surface area contributed by atoms with Gasteiger partial charge in [-0.1, -0.05) is 0 Å². The van der Waals surface area contributed by atoms with Crippen molar-refractivity contribution < 1.29 is 19.1 Å². The van der Waals surface area contributed by atoms with Gasteiger partial charge in [-0.3, -0.25) is 4.79 Å². The molecule has 0 atom stereocenters. The molecule has 0 saturated carbocycles. The quantitative estimate of drug-likeness (QED) is 0.449. The van der Waals surface area contributed by atoms with E-state index in [0.717, 1.165) is 0 Å². The maximum Gasteiger partial charge on any atom is 0.338 e. The summed E-state index contributed by atoms with van der Waals surface area (Å²) in [4.78, 5) is 24.3. The van der Waals surface area contributed by atoms with Crippen LogP contribution >= 0.6 is 15.9 Å². The van der Waals surface area contributed by atoms with Crippen molar-refractivity contribution in [2.75, 3.05) is 13.7 Å². The van der Waals surface area contributed by atoms with E-state index < -0.39 is 5.97 Å². The standard InChI is InChI=1S/C17H13BrN4O4/c1-25-16-7-4-12(8-14(16)18)15(23)9-26-17(24)11-2-5-13(6-3-11)22-10-19-20-21-22/h2-8,10H,9H2,1H3. The van der Waals surface area contributed by atoms with Gasteiger partial charge in [-0.15, -0.1) is 5.10 Å². The Morgan fingerprint density at radius 1 is 1.12 bits per heavy atom. The third kappa shape index (κ3) is 3.94. The number of hydrogen-bond donors (Lipinski definition) is 0. The zero-order valence-corrected chi connectivity index (χ0v) is 15.2. The van der Waals surface area contributed by atoms with Crippen molar-refractivity contribution in [3.8, 4) is 11.4 Å². The molecule has 26 heavy (non-hydrogen) atoms. The Labute approximate surface area is 156 Å². The van der Waals surface area contributed by atoms with Gasteiger partial charge in [0.15, 0.2) is 12.4 Å². The van der Waals surface area contributed by atoms with Crippen LogP contribution in [-0.4, -0.2) is 45.7 Å². The second kappa shape index (κ2) is 7.87. The predicted octanol–water partition coefficient (Wildman–Crippen LogP) is 2.47. The minimum atomic E-state index is -0.589. The summed E-state index contributed by atoms with van der Waals surface area (Å²) in [7, 11) is 1.54. The van der Waals surface area contributed by atoms with Gasteiger partial charge in [-0.25, -0.2) is 9.48 Å². The lowest BCUT2D eigenvalue weighted by atomic mass is 10.1. The van der Waals surface area contributed by atoms with E-state index in [4.69, 9.17) is 9.47 Å². The number of ketones is 1. The molecular weight excluding hydrogens is 404 g/mol. The SMILES string of the molecule is COc1ccc(C(=O)COC(=O)c2ccc(-n3cnnn3)cc2)cc1Br. The van der Waals surface area contributed by atoms with Gasteiger partial charge in [0.05, 0.1) is 22.8 Å². The Hall–Kier alpha value is -3.07. The predicted molar refractivity (Wildman–Crippen MR) is 94.5 cm³/mol. The summed E-state index contributed by atoms with van der Waals surface area (Å²) in [5, 5.41) is 10.8. The molecule has 2 aromatic carbocycles. The Kier molecular flexibility index (Phi) is 5.37. The zero-order chi connectivity index (χ0) is 18.5. The number of tetrazole rings is 1. The molecule has 0 bridgehead atoms. The monoisotopic (exact) mass is 416 g/mol. The smallest absolute Gasteiger partial charge is 0.338 e. The highest BCUT2D eigenvalue weighted by Gasteiger charge is 2.13. The second-order valence-electron chi connectivity index (χ2n) is 5.15. The lowest BCUT2D eigenvalue weighted by Crippen LogP contribution is -2.14. The van der Waals surface area contributed by atoms with Gasteiger partial charge in [0.1, 0.15) is 12.1 Å². The van der Waals surface area contributed by atoms with Gasteiger partial charge in [0, 0.05) is 5.56 Å². The number of aromatic nitrogens is 4. The fourth-order valence-corrected chi connectivity index (χ4v) is 2.71. The fraction of sp³-hybridized carbons (Fsp3) is 0.118. The third-order valence-electron chi connectivity index (χ3n) is 3.52. The van der Waals surface area contributed by atoms with Gasteiger partial charge in [-0.05, 0) is 68.8 Å². The van der Waals surface area contributed by atoms with E-state index in [1.54, 1.807) is 42.5 Å². The molecule has 0 aliphatic heterocycles. The number of benzene rings is 2. The highest BCUT2D eigenvalue weighted by molar-refractivity contribution is 9.10. The first-order chi connectivity index (χ1) is 12.6. The van der Waals surface area contributed by atoms with E-state index in [1.165, 1.54) is 18.1 Å². The lowest BCUT2D eigenvalue weighted by molar-refractivity contribution is 0.0474. The van der Waals surface area contributed by atoms with Crippen LogP contribution in [0.3, 0.4) is 0 Å². The van der Waals surface area contributed by atoms with Crippen molar-refractivity contribution in [2.24, 2.45) is 0 Å². The molecule has 8 nitrogen and oxygen atoms in total. The molecule has 3 rings (SSSR count). The zero-order valence-electron chi connectivity index (χ0n) is 13.6. The van der Waals surface area contributed by atoms with Crippen molar-refractivity contribution in [3.63, 3.8) is 0 Å². The molecular formula is C17H13BrN4O4. The van der Waals surface area contributed by atoms with Crippen molar-refractivity contribution >= 4 is 27.7 Å². The summed E-state index contributed by atoms with van der Waals surface area (Å²) in [6.45, 7) is -0.355. The largest absolute Gasteiger partial charge is 0.496 e. The van der Waals surface area contributed by atoms with E-state index in [0.29, 0.717) is 27.0 Å². The van der Waals surface area contributed by atoms with E-state index in [1.807, 2.05) is 0 Å². The number of methoxy groups -OCH3 is 1. The number of esters is 1. The molecule has 132 valence electrons. The maximum absolute atomic E-state index is 12.2. The first-order valence-electron chi connectivity index (χ1n) is 7.46. The van der Waals surface area contributed by atoms with E-state index in [9.17, 15) is 9.59 Å². The number of ether oxygens (including phenoxy) is 2. The minimum Gasteiger partial charge on any atom is -0.496 e. The number of Topliss-reactive ketones (excluding diaryl/α,β-unsaturated/α-hetero) is 1. The molecule has 0 amide bonds. The first kappa shape index (κ1) is 17.7. The van der Waals surface area contributed by atoms with Gasteiger partial charge >= 0.3 is 5.97 Å². The van der Waals surface area contributed by atoms with Crippen LogP contribution in [0.5, 0.6) is 5.75 Å². The molecule has 9 heteroatoms. The molecule has 0 radical (unpaired) electrons. The molecule has 0 saturated heterocycles. The van der Waals surface area contributed by atoms with Crippen molar-refractivity contribution in [1.29, 1.82) is 0 Å². The van der Waals surface area contributed by atoms with Crippen LogP contribution in [0.1, 0.15) is 20.7 Å². The number of hydrogen-bond acceptors (Lipinski definition) is 7. The van der Waals surface area contributed by atoms with Crippen LogP contribution in [0.4, 0.5) is 0 Å². The molecule has 1 aromatic heterocycles. The molecule has 0 aliphatic rings. The average Bonchev–Trinajstić information content (AvgIpc) is 3.20. The van der Waals surface area contributed by atoms with E-state index >= 15 is 0 Å². The molecule has 0 spiro atoms. The molecule has 3 aromatic rings. The molecule has 1 heterocycles. The normalized spacial score (nSPS) is 10.4. The van der Waals surface area contributed by atoms with Gasteiger partial charge in [0.25, 0.3) is 0 Å². The number of rotatable bonds is 6. The summed E-state index contributed by atoms with van der Waals surface area (Å²) in [6, 6.07) is 11.4. The van der Waals surface area contributed by atoms with Gasteiger partial charge in [0.2, 0.25) is 0 Å². The van der Waals surface area contributed by atoms with Gasteiger partial charge < -0.3 is 9.47 Å². The minimum absolute atomic E-state index is 0.313. The Morgan fingerprint density at radius 3 is 2.46 bits per heavy atom. The summed E-state index contributed by atoms with van der Waals surface area (Å²) >= 11 is 3.31. The Bertz CT molecular complexity index is 926. The highest BCUT2D eigenvalue weighted by atomic mass is 79.9. The average molecular weight is 417 g/mol. The van der Waals surface area contributed by atoms with Crippen LogP contribution in [0.25, 0.3) is 5.69 Å². The van der Waals surface area contributed by atoms with Gasteiger partial charge in [-0.2, -0.15) is 0 Å². The van der Waals surface area contributed by atoms with Crippen LogP contribution in [0.15, 0.2) is 53.3 Å². The van der Waals surface area contributed by atoms with Crippen LogP contribution in [0, 0.1) is 0 Å². The summed E-state index contributed by atoms with van der Waals surface area (Å²) < 4.78 is 12.3. The summed E-state index contributed by atoms with van der Waals surface area (Å²) in [5.41, 5.74) is 1.44. The van der Waals surface area contributed by atoms with Crippen molar-refractivity contribution in [1.82, 2.24) is 20.2 Å². The van der Waals surface area contributed by atoms with Crippen LogP contribution < -0.4 is 4.74 Å². The number of nitrogens with zero attached hydrogens (tertiary/aromatic N) is 4. The Balaban J connectivity index is 1.61. The topological polar surface area (TPSA) is 96.2 Å². The summed E-state index contributed by atoms with van der Waals surface area (Å²) in [5.74, 6) is -0.289. The lowest BCUT2D eigenvalue weighted by Gasteiger charge is -2.07. The van der Waals surface area contributed by atoms with Crippen LogP contribution in [-0.2, 0) is 4.74 Å². The maximum atomic E-state index is 12.2. The Morgan fingerprint density at radius 2 is 1.85 bits per heavy atom. The fourth-order valence-electron chi connectivity index (χ4n) is 2.17. The highest BCUT2D eigenvalue weighted by Crippen LogP contribution is 2.25. The summed E-state index contributed by atoms with van der Waals surface area (Å²) in [6.07, 6.45) is 1.44. The van der Waals surface area contributed by atoms with E-state index in [2.05, 4.69) is 31.5 Å². The molecule has 0 fully saturated rings. The van der Waals surface area contributed by atoms with Crippen molar-refractivity contribution in [2.45, 2.75) is 0 Å². The first-order valence-corrected chi connectivity index (χ1v) is 8.25. The molecule has 0 aliphatic carbocycles. The number of carbonyl (C=O) groups is 2. The van der Waals surface area contributed by atoms with E-state index in [-0.39, 0.29) is 12.4 Å². The molecule has 0 N–H and O–H groups in total.